The van der Waals surface area contributed by atoms with E-state index in [2.05, 4.69) is 37.9 Å². The molecule has 0 spiro atoms. The third-order valence-electron chi connectivity index (χ3n) is 12.0. The molecule has 2 fully saturated rings. The molecule has 4 aliphatic rings. The number of ketones is 1. The average molecular weight is 659 g/mol. The number of carbonyl (C=O) groups is 3. The third kappa shape index (κ3) is 6.86. The highest BCUT2D eigenvalue weighted by Crippen LogP contribution is 2.45. The van der Waals surface area contributed by atoms with Gasteiger partial charge in [-0.1, -0.05) is 79.6 Å². The molecule has 3 unspecified atom stereocenters. The summed E-state index contributed by atoms with van der Waals surface area (Å²) >= 11 is 0. The van der Waals surface area contributed by atoms with Crippen LogP contribution < -0.4 is 10.2 Å². The third-order valence-corrected chi connectivity index (χ3v) is 12.0. The molecule has 5 rings (SSSR count). The summed E-state index contributed by atoms with van der Waals surface area (Å²) in [5.41, 5.74) is 2.40. The second kappa shape index (κ2) is 15.0. The van der Waals surface area contributed by atoms with Gasteiger partial charge in [-0.15, -0.1) is 0 Å². The van der Waals surface area contributed by atoms with Gasteiger partial charge in [0, 0.05) is 29.8 Å². The smallest absolute Gasteiger partial charge is 0.277 e. The zero-order valence-corrected chi connectivity index (χ0v) is 30.5. The van der Waals surface area contributed by atoms with Crippen molar-refractivity contribution in [2.24, 2.45) is 28.3 Å². The Kier molecular flexibility index (Phi) is 11.2. The van der Waals surface area contributed by atoms with Gasteiger partial charge in [-0.25, -0.2) is 5.01 Å². The minimum Gasteiger partial charge on any atom is -0.506 e. The zero-order valence-electron chi connectivity index (χ0n) is 30.5. The molecule has 48 heavy (non-hydrogen) atoms. The number of allylic oxidation sites excluding steroid dienone is 2. The predicted octanol–water partition coefficient (Wildman–Crippen LogP) is 8.83. The molecule has 0 bridgehead atoms. The number of amides is 2. The lowest BCUT2D eigenvalue weighted by atomic mass is 9.75. The maximum Gasteiger partial charge on any atom is 0.277 e. The van der Waals surface area contributed by atoms with Gasteiger partial charge >= 0.3 is 0 Å². The summed E-state index contributed by atoms with van der Waals surface area (Å²) in [4.78, 5) is 44.2. The summed E-state index contributed by atoms with van der Waals surface area (Å²) in [6, 6.07) is 5.62. The zero-order chi connectivity index (χ0) is 34.7. The van der Waals surface area contributed by atoms with Gasteiger partial charge in [0.1, 0.15) is 5.76 Å². The van der Waals surface area contributed by atoms with E-state index in [4.69, 9.17) is 5.10 Å². The lowest BCUT2D eigenvalue weighted by Crippen LogP contribution is -2.44. The van der Waals surface area contributed by atoms with Crippen LogP contribution in [0.1, 0.15) is 131 Å². The van der Waals surface area contributed by atoms with Gasteiger partial charge in [0.2, 0.25) is 11.7 Å². The van der Waals surface area contributed by atoms with Crippen LogP contribution >= 0.6 is 0 Å². The first kappa shape index (κ1) is 35.9. The van der Waals surface area contributed by atoms with Crippen molar-refractivity contribution in [2.45, 2.75) is 132 Å². The van der Waals surface area contributed by atoms with Crippen LogP contribution in [0.3, 0.4) is 0 Å². The summed E-state index contributed by atoms with van der Waals surface area (Å²) in [7, 11) is 0. The van der Waals surface area contributed by atoms with Crippen molar-refractivity contribution in [3.8, 4) is 0 Å². The second-order valence-electron chi connectivity index (χ2n) is 15.2. The van der Waals surface area contributed by atoms with E-state index in [0.717, 1.165) is 57.3 Å². The summed E-state index contributed by atoms with van der Waals surface area (Å²) in [6.45, 7) is 16.0. The van der Waals surface area contributed by atoms with E-state index in [1.54, 1.807) is 5.01 Å². The van der Waals surface area contributed by atoms with Crippen LogP contribution in [0.15, 0.2) is 40.2 Å². The van der Waals surface area contributed by atoms with Gasteiger partial charge in [0.05, 0.1) is 34.2 Å². The fourth-order valence-electron chi connectivity index (χ4n) is 8.14. The van der Waals surface area contributed by atoms with E-state index in [-0.39, 0.29) is 46.1 Å². The monoisotopic (exact) mass is 658 g/mol. The number of nitrogens with one attached hydrogen (secondary N) is 1. The summed E-state index contributed by atoms with van der Waals surface area (Å²) in [5.74, 6) is 0.478. The molecule has 3 atom stereocenters. The fraction of sp³-hybridized carbons (Fsp3) is 0.650. The second-order valence-corrected chi connectivity index (χ2v) is 15.2. The Morgan fingerprint density at radius 3 is 2.29 bits per heavy atom. The highest BCUT2D eigenvalue weighted by Gasteiger charge is 2.47. The van der Waals surface area contributed by atoms with Crippen molar-refractivity contribution in [2.75, 3.05) is 23.3 Å². The lowest BCUT2D eigenvalue weighted by Gasteiger charge is -2.38. The van der Waals surface area contributed by atoms with Crippen LogP contribution in [0.4, 0.5) is 11.4 Å². The Morgan fingerprint density at radius 1 is 1.00 bits per heavy atom. The van der Waals surface area contributed by atoms with Crippen molar-refractivity contribution in [3.05, 3.63) is 40.7 Å². The van der Waals surface area contributed by atoms with E-state index >= 15 is 0 Å². The molecule has 1 aromatic rings. The Morgan fingerprint density at radius 2 is 1.67 bits per heavy atom. The fourth-order valence-corrected chi connectivity index (χ4v) is 8.14. The van der Waals surface area contributed by atoms with Crippen molar-refractivity contribution in [1.29, 1.82) is 0 Å². The Labute approximate surface area is 288 Å². The van der Waals surface area contributed by atoms with E-state index in [1.165, 1.54) is 25.7 Å². The Hall–Kier alpha value is -3.42. The normalized spacial score (nSPS) is 24.2. The molecular weight excluding hydrogens is 600 g/mol. The maximum absolute atomic E-state index is 14.4. The highest BCUT2D eigenvalue weighted by atomic mass is 16.3. The molecule has 2 saturated carbocycles. The Bertz CT molecular complexity index is 1490. The van der Waals surface area contributed by atoms with Gasteiger partial charge in [-0.05, 0) is 81.9 Å². The van der Waals surface area contributed by atoms with E-state index in [1.807, 2.05) is 39.0 Å². The standard InChI is InChI=1S/C40H58N4O4/c1-8-25(5)28-18-14-15-19-32(28)44-38(47)34(30(42-44)23-20-26-16-12-13-17-26)35-36(45)33(37(35)46)29-22-21-27(43(10-3)11-4)24-31(29)41-39(48)40(6,7)9-2/h21-22,24-26,28,32,45H,8-20,23H2,1-7H3,(H,41,48). The molecule has 2 amide bonds. The van der Waals surface area contributed by atoms with Crippen LogP contribution in [0.25, 0.3) is 5.57 Å². The van der Waals surface area contributed by atoms with Crippen LogP contribution in [0.5, 0.6) is 0 Å². The molecule has 1 aliphatic heterocycles. The van der Waals surface area contributed by atoms with Crippen LogP contribution in [0.2, 0.25) is 0 Å². The number of benzene rings is 1. The minimum atomic E-state index is -0.619. The van der Waals surface area contributed by atoms with Crippen LogP contribution in [-0.2, 0) is 14.4 Å². The number of hydrogen-bond donors (Lipinski definition) is 2. The molecule has 0 saturated heterocycles. The van der Waals surface area contributed by atoms with Gasteiger partial charge in [-0.3, -0.25) is 14.4 Å². The van der Waals surface area contributed by atoms with Crippen LogP contribution in [0, 0.1) is 23.2 Å². The lowest BCUT2D eigenvalue weighted by molar-refractivity contribution is -0.130. The van der Waals surface area contributed by atoms with E-state index in [9.17, 15) is 19.5 Å². The number of anilines is 2. The predicted molar refractivity (Wildman–Crippen MR) is 195 cm³/mol. The molecule has 8 heteroatoms. The first-order valence-corrected chi connectivity index (χ1v) is 18.8. The van der Waals surface area contributed by atoms with Gasteiger partial charge < -0.3 is 15.3 Å². The molecule has 8 nitrogen and oxygen atoms in total. The number of hydrogen-bond acceptors (Lipinski definition) is 6. The average Bonchev–Trinajstić information content (AvgIpc) is 3.73. The summed E-state index contributed by atoms with van der Waals surface area (Å²) < 4.78 is 0. The number of carbonyl (C=O) groups excluding carboxylic acids is 3. The number of aliphatic hydroxyl groups is 1. The topological polar surface area (TPSA) is 102 Å². The molecule has 1 aromatic carbocycles. The van der Waals surface area contributed by atoms with Crippen LogP contribution in [-0.4, -0.2) is 52.6 Å². The number of hydrazone groups is 1. The van der Waals surface area contributed by atoms with Gasteiger partial charge in [0.15, 0.2) is 0 Å². The van der Waals surface area contributed by atoms with Gasteiger partial charge in [-0.2, -0.15) is 5.10 Å². The molecule has 0 aromatic heterocycles. The number of Topliss-reactive ketones (excluding diaryl/α,β-unsaturated/α-hetero) is 1. The molecule has 3 aliphatic carbocycles. The number of aliphatic hydroxyl groups excluding tert-OH is 1. The molecule has 2 N–H and O–H groups in total. The van der Waals surface area contributed by atoms with Crippen molar-refractivity contribution in [1.82, 2.24) is 5.01 Å². The molecule has 1 heterocycles. The summed E-state index contributed by atoms with van der Waals surface area (Å²) in [5, 5.41) is 21.5. The maximum atomic E-state index is 14.4. The van der Waals surface area contributed by atoms with Crippen molar-refractivity contribution >= 4 is 40.3 Å². The first-order valence-electron chi connectivity index (χ1n) is 18.8. The quantitative estimate of drug-likeness (QED) is 0.206. The minimum absolute atomic E-state index is 0.00194. The molecule has 262 valence electrons. The van der Waals surface area contributed by atoms with Crippen molar-refractivity contribution < 1.29 is 19.5 Å². The largest absolute Gasteiger partial charge is 0.506 e. The SMILES string of the molecule is CCC(C)C1CCCCC1N1N=C(CCC2CCCC2)C(=C2C(=O)C(c3ccc(N(CC)CC)cc3NC(=O)C(C)(C)CC)=C2O)C1=O. The highest BCUT2D eigenvalue weighted by molar-refractivity contribution is 6.44. The molecule has 0 radical (unpaired) electrons. The van der Waals surface area contributed by atoms with Crippen molar-refractivity contribution in [3.63, 3.8) is 0 Å². The number of nitrogens with zero attached hydrogens (tertiary/aromatic N) is 3. The van der Waals surface area contributed by atoms with E-state index < -0.39 is 5.41 Å². The number of rotatable bonds is 13. The Balaban J connectivity index is 1.57. The van der Waals surface area contributed by atoms with Gasteiger partial charge in [0.25, 0.3) is 5.91 Å². The van der Waals surface area contributed by atoms with E-state index in [0.29, 0.717) is 47.6 Å². The first-order chi connectivity index (χ1) is 23.0. The molecular formula is C40H58N4O4. The summed E-state index contributed by atoms with van der Waals surface area (Å²) in [6.07, 6.45) is 12.3.